The van der Waals surface area contributed by atoms with Gasteiger partial charge < -0.3 is 9.84 Å². The largest absolute Gasteiger partial charge is 0.480 e. The molecular formula is C25H37N3O8S. The maximum atomic E-state index is 13.3. The van der Waals surface area contributed by atoms with Crippen molar-refractivity contribution in [1.29, 1.82) is 0 Å². The number of hydrogen-bond acceptors (Lipinski definition) is 7. The molecular weight excluding hydrogens is 502 g/mol. The first-order valence-electron chi connectivity index (χ1n) is 12.3. The van der Waals surface area contributed by atoms with E-state index in [1.807, 2.05) is 50.3 Å². The maximum Gasteiger partial charge on any atom is 0.320 e. The van der Waals surface area contributed by atoms with Gasteiger partial charge in [0.25, 0.3) is 0 Å². The van der Waals surface area contributed by atoms with Gasteiger partial charge in [-0.25, -0.2) is 18.7 Å². The topological polar surface area (TPSA) is 151 Å². The van der Waals surface area contributed by atoms with Gasteiger partial charge in [0.05, 0.1) is 18.1 Å². The van der Waals surface area contributed by atoms with E-state index in [0.29, 0.717) is 17.4 Å². The second-order valence-electron chi connectivity index (χ2n) is 9.41. The molecule has 206 valence electrons. The van der Waals surface area contributed by atoms with Gasteiger partial charge in [-0.2, -0.15) is 0 Å². The predicted molar refractivity (Wildman–Crippen MR) is 137 cm³/mol. The molecule has 1 aliphatic rings. The molecule has 3 N–H and O–H groups in total. The maximum absolute atomic E-state index is 13.3. The lowest BCUT2D eigenvalue weighted by Gasteiger charge is -2.29. The molecule has 37 heavy (non-hydrogen) atoms. The third-order valence-corrected chi connectivity index (χ3v) is 6.75. The van der Waals surface area contributed by atoms with Crippen LogP contribution in [0, 0.1) is 17.8 Å². The molecule has 0 aliphatic carbocycles. The number of carboxylic acids is 1. The molecule has 0 saturated carbocycles. The van der Waals surface area contributed by atoms with E-state index in [2.05, 4.69) is 10.9 Å². The van der Waals surface area contributed by atoms with Crippen molar-refractivity contribution in [2.75, 3.05) is 19.4 Å². The van der Waals surface area contributed by atoms with Gasteiger partial charge in [-0.3, -0.25) is 19.8 Å². The first-order chi connectivity index (χ1) is 17.5. The first-order valence-corrected chi connectivity index (χ1v) is 14.1. The van der Waals surface area contributed by atoms with Crippen LogP contribution in [0.4, 0.5) is 0 Å². The number of nitrogens with one attached hydrogen (secondary N) is 2. The minimum absolute atomic E-state index is 0.0297. The number of aliphatic carboxylic acids is 1. The van der Waals surface area contributed by atoms with Crippen molar-refractivity contribution in [3.8, 4) is 0 Å². The third kappa shape index (κ3) is 11.0. The Hall–Kier alpha value is -2.80. The van der Waals surface area contributed by atoms with E-state index in [9.17, 15) is 22.8 Å². The smallest absolute Gasteiger partial charge is 0.320 e. The Kier molecular flexibility index (Phi) is 12.2. The summed E-state index contributed by atoms with van der Waals surface area (Å²) in [6.07, 6.45) is 6.60. The second-order valence-corrected chi connectivity index (χ2v) is 11.3. The van der Waals surface area contributed by atoms with Gasteiger partial charge in [0, 0.05) is 13.0 Å². The van der Waals surface area contributed by atoms with Crippen molar-refractivity contribution in [3.05, 3.63) is 42.0 Å². The van der Waals surface area contributed by atoms with Crippen LogP contribution in [0.2, 0.25) is 0 Å². The van der Waals surface area contributed by atoms with Crippen LogP contribution >= 0.6 is 0 Å². The Morgan fingerprint density at radius 3 is 2.43 bits per heavy atom. The lowest BCUT2D eigenvalue weighted by Crippen LogP contribution is -2.52. The average Bonchev–Trinajstić information content (AvgIpc) is 2.84. The fourth-order valence-corrected chi connectivity index (χ4v) is 4.50. The highest BCUT2D eigenvalue weighted by Gasteiger charge is 2.36. The number of benzene rings is 1. The number of hydrazine groups is 1. The highest BCUT2D eigenvalue weighted by Crippen LogP contribution is 2.26. The molecule has 2 rings (SSSR count). The molecule has 11 nitrogen and oxygen atoms in total. The van der Waals surface area contributed by atoms with Crippen LogP contribution < -0.4 is 10.9 Å². The molecule has 1 aliphatic heterocycles. The molecule has 0 aromatic heterocycles. The van der Waals surface area contributed by atoms with E-state index in [0.717, 1.165) is 24.7 Å². The molecule has 1 aromatic rings. The number of carbonyl (C=O) groups is 3. The SMILES string of the molecule is CC(C)C[C@@H](C(=O)NN(CC(=O)O)S(C)(=O)=O)[C@H](CC=Cc1ccccc1)C(=O)NOC1CCCCO1. The molecule has 1 aromatic carbocycles. The number of ether oxygens (including phenoxy) is 1. The molecule has 0 radical (unpaired) electrons. The zero-order chi connectivity index (χ0) is 27.4. The Balaban J connectivity index is 2.28. The molecule has 3 atom stereocenters. The normalized spacial score (nSPS) is 18.0. The number of rotatable bonds is 14. The Bertz CT molecular complexity index is 1020. The number of nitrogens with zero attached hydrogens (tertiary/aromatic N) is 1. The van der Waals surface area contributed by atoms with Crippen LogP contribution in [0.25, 0.3) is 6.08 Å². The molecule has 1 saturated heterocycles. The van der Waals surface area contributed by atoms with E-state index in [1.54, 1.807) is 6.08 Å². The van der Waals surface area contributed by atoms with E-state index >= 15 is 0 Å². The quantitative estimate of drug-likeness (QED) is 0.305. The van der Waals surface area contributed by atoms with Crippen molar-refractivity contribution in [2.24, 2.45) is 17.8 Å². The summed E-state index contributed by atoms with van der Waals surface area (Å²) in [4.78, 5) is 43.2. The molecule has 0 bridgehead atoms. The summed E-state index contributed by atoms with van der Waals surface area (Å²) in [6.45, 7) is 3.30. The molecule has 2 amide bonds. The van der Waals surface area contributed by atoms with Gasteiger partial charge in [0.1, 0.15) is 6.54 Å². The highest BCUT2D eigenvalue weighted by molar-refractivity contribution is 7.88. The van der Waals surface area contributed by atoms with Crippen LogP contribution in [0.15, 0.2) is 36.4 Å². The van der Waals surface area contributed by atoms with Crippen LogP contribution in [0.5, 0.6) is 0 Å². The summed E-state index contributed by atoms with van der Waals surface area (Å²) in [7, 11) is -4.08. The zero-order valence-corrected chi connectivity index (χ0v) is 22.3. The van der Waals surface area contributed by atoms with Crippen LogP contribution in [0.3, 0.4) is 0 Å². The number of carbonyl (C=O) groups excluding carboxylic acids is 2. The minimum atomic E-state index is -4.08. The Morgan fingerprint density at radius 1 is 1.16 bits per heavy atom. The summed E-state index contributed by atoms with van der Waals surface area (Å²) in [5.74, 6) is -4.71. The van der Waals surface area contributed by atoms with Crippen LogP contribution in [0.1, 0.15) is 51.5 Å². The van der Waals surface area contributed by atoms with Gasteiger partial charge in [-0.1, -0.05) is 56.3 Å². The van der Waals surface area contributed by atoms with Crippen molar-refractivity contribution in [1.82, 2.24) is 15.3 Å². The predicted octanol–water partition coefficient (Wildman–Crippen LogP) is 2.32. The zero-order valence-electron chi connectivity index (χ0n) is 21.5. The van der Waals surface area contributed by atoms with Gasteiger partial charge in [0.2, 0.25) is 21.8 Å². The van der Waals surface area contributed by atoms with Crippen LogP contribution in [-0.2, 0) is 34.0 Å². The summed E-state index contributed by atoms with van der Waals surface area (Å²) >= 11 is 0. The van der Waals surface area contributed by atoms with Crippen molar-refractivity contribution >= 4 is 33.9 Å². The summed E-state index contributed by atoms with van der Waals surface area (Å²) in [5.41, 5.74) is 5.53. The van der Waals surface area contributed by atoms with E-state index in [4.69, 9.17) is 14.7 Å². The molecule has 1 heterocycles. The van der Waals surface area contributed by atoms with Gasteiger partial charge in [0.15, 0.2) is 6.29 Å². The number of carboxylic acid groups (broad SMARTS) is 1. The summed E-state index contributed by atoms with van der Waals surface area (Å²) < 4.78 is 30.0. The number of hydrogen-bond donors (Lipinski definition) is 3. The van der Waals surface area contributed by atoms with Crippen molar-refractivity contribution in [2.45, 2.75) is 52.2 Å². The fraction of sp³-hybridized carbons (Fsp3) is 0.560. The lowest BCUT2D eigenvalue weighted by molar-refractivity contribution is -0.203. The first kappa shape index (κ1) is 30.4. The Morgan fingerprint density at radius 2 is 1.86 bits per heavy atom. The Labute approximate surface area is 218 Å². The fourth-order valence-electron chi connectivity index (χ4n) is 3.90. The highest BCUT2D eigenvalue weighted by atomic mass is 32.2. The number of sulfonamides is 1. The molecule has 12 heteroatoms. The van der Waals surface area contributed by atoms with E-state index in [-0.39, 0.29) is 18.8 Å². The number of amides is 2. The van der Waals surface area contributed by atoms with Crippen LogP contribution in [-0.4, -0.2) is 61.4 Å². The van der Waals surface area contributed by atoms with Crippen molar-refractivity contribution in [3.63, 3.8) is 0 Å². The minimum Gasteiger partial charge on any atom is -0.480 e. The summed E-state index contributed by atoms with van der Waals surface area (Å²) in [5, 5.41) is 9.10. The standard InChI is InChI=1S/C25H37N3O8S/c1-18(2)16-21(24(31)26-28(17-22(29)30)37(3,33)34)20(13-9-12-19-10-5-4-6-11-19)25(32)27-36-23-14-7-8-15-35-23/h4-6,9-12,18,20-21,23H,7-8,13-17H2,1-3H3,(H,26,31)(H,27,32)(H,29,30)/t20-,21+,23?/m0/s1. The lowest BCUT2D eigenvalue weighted by atomic mass is 9.82. The van der Waals surface area contributed by atoms with E-state index < -0.39 is 52.5 Å². The van der Waals surface area contributed by atoms with Crippen molar-refractivity contribution < 1.29 is 37.5 Å². The van der Waals surface area contributed by atoms with Gasteiger partial charge in [-0.05, 0) is 37.2 Å². The third-order valence-electron chi connectivity index (χ3n) is 5.73. The molecule has 1 fully saturated rings. The van der Waals surface area contributed by atoms with Gasteiger partial charge >= 0.3 is 5.97 Å². The second kappa shape index (κ2) is 14.8. The van der Waals surface area contributed by atoms with E-state index in [1.165, 1.54) is 0 Å². The molecule has 0 spiro atoms. The average molecular weight is 540 g/mol. The van der Waals surface area contributed by atoms with Gasteiger partial charge in [-0.15, -0.1) is 4.41 Å². The number of allylic oxidation sites excluding steroid dienone is 1. The number of hydroxylamine groups is 1. The monoisotopic (exact) mass is 539 g/mol. The summed E-state index contributed by atoms with van der Waals surface area (Å²) in [6, 6.07) is 9.41. The molecule has 1 unspecified atom stereocenters.